The monoisotopic (exact) mass is 934 g/mol. The first-order valence-corrected chi connectivity index (χ1v) is 15.3. The lowest BCUT2D eigenvalue weighted by molar-refractivity contribution is -0.213. The zero-order valence-electron chi connectivity index (χ0n) is 22.4. The molecule has 0 aliphatic rings. The molecule has 2 amide bonds. The van der Waals surface area contributed by atoms with Crippen LogP contribution in [-0.2, 0) is 42.9 Å². The smallest absolute Gasteiger partial charge is 0.305 e. The molecule has 0 spiro atoms. The molecule has 0 N–H and O–H groups in total. The number of ether oxygens (including phenoxy) is 4. The van der Waals surface area contributed by atoms with E-state index in [4.69, 9.17) is 30.5 Å². The van der Waals surface area contributed by atoms with Crippen LogP contribution in [0, 0.1) is 0 Å². The largest absolute Gasteiger partial charge is 0.462 e. The first-order valence-electron chi connectivity index (χ1n) is 11.5. The highest BCUT2D eigenvalue weighted by Gasteiger charge is 2.58. The summed E-state index contributed by atoms with van der Waals surface area (Å²) < 4.78 is 19.6. The van der Waals surface area contributed by atoms with E-state index in [0.717, 1.165) is 42.6 Å². The maximum absolute atomic E-state index is 13.6. The van der Waals surface area contributed by atoms with Gasteiger partial charge in [0.25, 0.3) is 16.9 Å². The summed E-state index contributed by atoms with van der Waals surface area (Å²) in [6.07, 6.45) is -1.26. The van der Waals surface area contributed by atoms with E-state index in [1.54, 1.807) is 68.0 Å². The number of carbonyl (C=O) groups excluding carboxylic acids is 7. The number of amides is 2. The lowest BCUT2D eigenvalue weighted by atomic mass is 10.1. The molecule has 0 radical (unpaired) electrons. The highest BCUT2D eigenvalue weighted by Crippen LogP contribution is 2.41. The summed E-state index contributed by atoms with van der Waals surface area (Å²) in [5, 5.41) is -0.901. The van der Waals surface area contributed by atoms with E-state index in [2.05, 4.69) is 0 Å². The first-order chi connectivity index (χ1) is 18.9. The van der Waals surface area contributed by atoms with Crippen molar-refractivity contribution in [1.82, 2.24) is 8.01 Å². The highest BCUT2D eigenvalue weighted by atomic mass is 127. The Labute approximate surface area is 282 Å². The normalized spacial score (nSPS) is 14.3. The molecule has 226 valence electrons. The molecule has 17 heteroatoms. The van der Waals surface area contributed by atoms with Crippen LogP contribution in [0.1, 0.15) is 55.3 Å². The van der Waals surface area contributed by atoms with Crippen molar-refractivity contribution >= 4 is 121 Å². The Balaban J connectivity index is 3.87. The predicted octanol–water partition coefficient (Wildman–Crippen LogP) is 3.55. The second kappa shape index (κ2) is 16.7. The number of rotatable bonds is 13. The fourth-order valence-corrected chi connectivity index (χ4v) is 7.20. The maximum Gasteiger partial charge on any atom is 0.305 e. The van der Waals surface area contributed by atoms with Gasteiger partial charge in [0, 0.05) is 40.2 Å². The van der Waals surface area contributed by atoms with Crippen LogP contribution in [-0.4, -0.2) is 82.1 Å². The Morgan fingerprint density at radius 3 is 1.83 bits per heavy atom. The van der Waals surface area contributed by atoms with E-state index >= 15 is 0 Å². The summed E-state index contributed by atoms with van der Waals surface area (Å²) in [4.78, 5) is 87.6. The maximum atomic E-state index is 13.6. The van der Waals surface area contributed by atoms with Gasteiger partial charge >= 0.3 is 23.9 Å². The lowest BCUT2D eigenvalue weighted by Crippen LogP contribution is -2.69. The summed E-state index contributed by atoms with van der Waals surface area (Å²) in [5.74, 6) is -4.72. The Hall–Kier alpha value is -1.81. The van der Waals surface area contributed by atoms with Gasteiger partial charge in [0.05, 0.1) is 35.0 Å². The lowest BCUT2D eigenvalue weighted by Gasteiger charge is -2.49. The van der Waals surface area contributed by atoms with Gasteiger partial charge in [-0.05, 0) is 46.3 Å². The minimum atomic E-state index is -2.25. The van der Waals surface area contributed by atoms with E-state index in [0.29, 0.717) is 0 Å². The van der Waals surface area contributed by atoms with Crippen LogP contribution in [0.3, 0.4) is 0 Å². The van der Waals surface area contributed by atoms with Crippen LogP contribution in [0.25, 0.3) is 0 Å². The SMILES string of the molecule is CC(=O)OCC(CN(C(C)=O)C(OC(C)=O)(C(I)OC(C)=O)C(I)N(I)C(=O)c1ccccc1C(=O)Cl)OC(C)=O. The molecule has 0 heterocycles. The number of hydrogen-bond donors (Lipinski definition) is 0. The van der Waals surface area contributed by atoms with E-state index in [1.165, 1.54) is 24.3 Å². The van der Waals surface area contributed by atoms with Gasteiger partial charge in [-0.1, -0.05) is 34.7 Å². The second-order valence-electron chi connectivity index (χ2n) is 8.21. The van der Waals surface area contributed by atoms with Crippen molar-refractivity contribution in [3.05, 3.63) is 35.4 Å². The second-order valence-corrected chi connectivity index (χ2v) is 11.9. The van der Waals surface area contributed by atoms with E-state index in [-0.39, 0.29) is 11.1 Å². The summed E-state index contributed by atoms with van der Waals surface area (Å²) >= 11 is 10.6. The first kappa shape index (κ1) is 37.2. The molecule has 13 nitrogen and oxygen atoms in total. The van der Waals surface area contributed by atoms with Crippen molar-refractivity contribution in [1.29, 1.82) is 0 Å². The Kier molecular flexibility index (Phi) is 15.2. The minimum Gasteiger partial charge on any atom is -0.462 e. The van der Waals surface area contributed by atoms with Crippen LogP contribution in [0.2, 0.25) is 0 Å². The molecule has 1 rings (SSSR count). The Bertz CT molecular complexity index is 1200. The molecule has 4 atom stereocenters. The molecular formula is C24H26ClI3N2O11. The summed E-state index contributed by atoms with van der Waals surface area (Å²) in [5.41, 5.74) is -2.45. The molecule has 1 aromatic carbocycles. The van der Waals surface area contributed by atoms with Gasteiger partial charge in [-0.2, -0.15) is 0 Å². The van der Waals surface area contributed by atoms with Gasteiger partial charge in [-0.3, -0.25) is 41.6 Å². The zero-order valence-corrected chi connectivity index (χ0v) is 29.6. The van der Waals surface area contributed by atoms with Crippen LogP contribution < -0.4 is 0 Å². The van der Waals surface area contributed by atoms with Crippen molar-refractivity contribution in [3.63, 3.8) is 0 Å². The summed E-state index contributed by atoms with van der Waals surface area (Å²) in [6, 6.07) is 5.71. The van der Waals surface area contributed by atoms with Gasteiger partial charge in [0.2, 0.25) is 10.0 Å². The van der Waals surface area contributed by atoms with Gasteiger partial charge in [0.15, 0.2) is 10.2 Å². The minimum absolute atomic E-state index is 0.0974. The summed E-state index contributed by atoms with van der Waals surface area (Å²) in [7, 11) is 0. The molecule has 0 saturated heterocycles. The molecule has 0 aromatic heterocycles. The van der Waals surface area contributed by atoms with Crippen molar-refractivity contribution < 1.29 is 52.5 Å². The topological polar surface area (TPSA) is 163 Å². The average molecular weight is 935 g/mol. The third-order valence-electron chi connectivity index (χ3n) is 5.00. The molecule has 0 aliphatic carbocycles. The van der Waals surface area contributed by atoms with E-state index < -0.39 is 74.1 Å². The molecule has 0 saturated carbocycles. The van der Waals surface area contributed by atoms with Gasteiger partial charge < -0.3 is 18.9 Å². The number of benzene rings is 1. The number of esters is 4. The van der Waals surface area contributed by atoms with Gasteiger partial charge in [0.1, 0.15) is 6.61 Å². The molecule has 1 aromatic rings. The van der Waals surface area contributed by atoms with E-state index in [9.17, 15) is 33.6 Å². The Morgan fingerprint density at radius 2 is 1.39 bits per heavy atom. The van der Waals surface area contributed by atoms with Crippen LogP contribution in [0.5, 0.6) is 0 Å². The van der Waals surface area contributed by atoms with Gasteiger partial charge in [-0.15, -0.1) is 0 Å². The zero-order chi connectivity index (χ0) is 31.7. The van der Waals surface area contributed by atoms with Crippen molar-refractivity contribution in [2.24, 2.45) is 0 Å². The van der Waals surface area contributed by atoms with Crippen LogP contribution >= 0.6 is 79.6 Å². The molecule has 4 unspecified atom stereocenters. The van der Waals surface area contributed by atoms with Gasteiger partial charge in [-0.25, -0.2) is 0 Å². The molecule has 0 aliphatic heterocycles. The highest BCUT2D eigenvalue weighted by molar-refractivity contribution is 14.1. The number of nitrogens with zero attached hydrogens (tertiary/aromatic N) is 2. The summed E-state index contributed by atoms with van der Waals surface area (Å²) in [6.45, 7) is 4.46. The van der Waals surface area contributed by atoms with Crippen molar-refractivity contribution in [3.8, 4) is 0 Å². The predicted molar refractivity (Wildman–Crippen MR) is 168 cm³/mol. The average Bonchev–Trinajstić information content (AvgIpc) is 2.86. The Morgan fingerprint density at radius 1 is 0.854 bits per heavy atom. The molecular weight excluding hydrogens is 908 g/mol. The number of halogens is 4. The fourth-order valence-electron chi connectivity index (χ4n) is 3.48. The number of hydrogen-bond acceptors (Lipinski definition) is 11. The van der Waals surface area contributed by atoms with E-state index in [1.807, 2.05) is 0 Å². The van der Waals surface area contributed by atoms with Crippen molar-refractivity contribution in [2.75, 3.05) is 13.2 Å². The third-order valence-corrected chi connectivity index (χ3v) is 9.86. The van der Waals surface area contributed by atoms with Crippen LogP contribution in [0.15, 0.2) is 24.3 Å². The quantitative estimate of drug-likeness (QED) is 0.0416. The van der Waals surface area contributed by atoms with Crippen LogP contribution in [0.4, 0.5) is 0 Å². The standard InChI is InChI=1S/C24H26ClI3N2O11/c1-12(31)29(10-17(39-14(3)33)11-38-13(2)32)24(41-16(5)35,23(27)40-15(4)34)22(26)30(28)21(37)19-9-7-6-8-18(19)20(25)36/h6-9,17,22-23H,10-11H2,1-5H3. The number of alkyl halides is 2. The number of carbonyl (C=O) groups is 7. The molecule has 41 heavy (non-hydrogen) atoms. The molecule has 0 bridgehead atoms. The van der Waals surface area contributed by atoms with Crippen molar-refractivity contribution in [2.45, 2.75) is 54.6 Å². The molecule has 0 fully saturated rings. The fraction of sp³-hybridized carbons (Fsp3) is 0.458. The third kappa shape index (κ3) is 10.4.